The molecule has 10 heteroatoms. The van der Waals surface area contributed by atoms with Crippen molar-refractivity contribution in [3.8, 4) is 22.0 Å². The molecule has 28 heavy (non-hydrogen) atoms. The van der Waals surface area contributed by atoms with Crippen molar-refractivity contribution in [1.29, 1.82) is 0 Å². The second kappa shape index (κ2) is 7.95. The minimum Gasteiger partial charge on any atom is -0.339 e. The summed E-state index contributed by atoms with van der Waals surface area (Å²) in [6, 6.07) is 7.32. The second-order valence-corrected chi connectivity index (χ2v) is 7.51. The predicted molar refractivity (Wildman–Crippen MR) is 102 cm³/mol. The molecule has 0 saturated carbocycles. The molecule has 1 aromatic carbocycles. The summed E-state index contributed by atoms with van der Waals surface area (Å²) >= 11 is 2.70. The Kier molecular flexibility index (Phi) is 5.22. The van der Waals surface area contributed by atoms with E-state index < -0.39 is 11.6 Å². The first-order valence-electron chi connectivity index (χ1n) is 8.16. The molecule has 0 fully saturated rings. The van der Waals surface area contributed by atoms with Gasteiger partial charge in [0.15, 0.2) is 16.8 Å². The molecule has 0 saturated heterocycles. The average molecular weight is 418 g/mol. The zero-order valence-corrected chi connectivity index (χ0v) is 15.8. The van der Waals surface area contributed by atoms with E-state index in [1.165, 1.54) is 28.7 Å². The summed E-state index contributed by atoms with van der Waals surface area (Å²) in [7, 11) is 0. The first-order chi connectivity index (χ1) is 13.6. The molecule has 0 unspecified atom stereocenters. The fourth-order valence-electron chi connectivity index (χ4n) is 2.38. The number of nitrogens with zero attached hydrogens (tertiary/aromatic N) is 3. The number of hydrogen-bond acceptors (Lipinski definition) is 7. The molecule has 0 spiro atoms. The smallest absolute Gasteiger partial charge is 0.227 e. The van der Waals surface area contributed by atoms with Gasteiger partial charge in [0.25, 0.3) is 0 Å². The van der Waals surface area contributed by atoms with Crippen molar-refractivity contribution >= 4 is 33.7 Å². The van der Waals surface area contributed by atoms with Crippen molar-refractivity contribution in [2.45, 2.75) is 12.8 Å². The highest BCUT2D eigenvalue weighted by Gasteiger charge is 2.13. The first kappa shape index (κ1) is 18.4. The highest BCUT2D eigenvalue weighted by molar-refractivity contribution is 7.14. The monoisotopic (exact) mass is 418 g/mol. The highest BCUT2D eigenvalue weighted by Crippen LogP contribution is 2.26. The van der Waals surface area contributed by atoms with Gasteiger partial charge in [-0.2, -0.15) is 4.98 Å². The number of rotatable bonds is 6. The van der Waals surface area contributed by atoms with Gasteiger partial charge in [0, 0.05) is 23.8 Å². The number of thiazole rings is 1. The number of benzene rings is 1. The van der Waals surface area contributed by atoms with E-state index in [-0.39, 0.29) is 12.3 Å². The lowest BCUT2D eigenvalue weighted by Crippen LogP contribution is -2.12. The minimum atomic E-state index is -0.947. The summed E-state index contributed by atoms with van der Waals surface area (Å²) < 4.78 is 31.5. The summed E-state index contributed by atoms with van der Waals surface area (Å²) in [5.41, 5.74) is 0.888. The maximum Gasteiger partial charge on any atom is 0.227 e. The van der Waals surface area contributed by atoms with E-state index in [2.05, 4.69) is 20.4 Å². The lowest BCUT2D eigenvalue weighted by atomic mass is 10.2. The number of carbonyl (C=O) groups is 1. The van der Waals surface area contributed by atoms with Crippen LogP contribution in [0.15, 0.2) is 45.6 Å². The summed E-state index contributed by atoms with van der Waals surface area (Å²) in [4.78, 5) is 21.5. The third kappa shape index (κ3) is 4.12. The van der Waals surface area contributed by atoms with Crippen LogP contribution in [-0.2, 0) is 11.2 Å². The summed E-state index contributed by atoms with van der Waals surface area (Å²) in [6.45, 7) is 0. The van der Waals surface area contributed by atoms with Crippen molar-refractivity contribution in [3.63, 3.8) is 0 Å². The van der Waals surface area contributed by atoms with E-state index in [0.29, 0.717) is 34.5 Å². The minimum absolute atomic E-state index is 0.145. The normalized spacial score (nSPS) is 10.9. The van der Waals surface area contributed by atoms with E-state index >= 15 is 0 Å². The van der Waals surface area contributed by atoms with Gasteiger partial charge in [0.05, 0.1) is 10.6 Å². The molecular formula is C18H12F2N4O2S2. The van der Waals surface area contributed by atoms with E-state index in [9.17, 15) is 13.6 Å². The Balaban J connectivity index is 1.34. The number of aryl methyl sites for hydroxylation is 1. The molecule has 0 atom stereocenters. The largest absolute Gasteiger partial charge is 0.339 e. The Labute approximate surface area is 165 Å². The molecule has 0 radical (unpaired) electrons. The number of aromatic nitrogens is 3. The molecular weight excluding hydrogens is 406 g/mol. The number of anilines is 1. The van der Waals surface area contributed by atoms with Crippen molar-refractivity contribution in [3.05, 3.63) is 58.6 Å². The van der Waals surface area contributed by atoms with Crippen LogP contribution in [0.5, 0.6) is 0 Å². The van der Waals surface area contributed by atoms with E-state index in [0.717, 1.165) is 17.0 Å². The molecule has 142 valence electrons. The Morgan fingerprint density at radius 2 is 2.04 bits per heavy atom. The Morgan fingerprint density at radius 3 is 2.82 bits per heavy atom. The Bertz CT molecular complexity index is 1110. The fraction of sp³-hybridized carbons (Fsp3) is 0.111. The van der Waals surface area contributed by atoms with Gasteiger partial charge in [-0.1, -0.05) is 11.2 Å². The number of hydrogen-bond donors (Lipinski definition) is 1. The number of thiophene rings is 1. The lowest BCUT2D eigenvalue weighted by molar-refractivity contribution is -0.116. The van der Waals surface area contributed by atoms with Gasteiger partial charge in [-0.05, 0) is 29.6 Å². The molecule has 0 bridgehead atoms. The van der Waals surface area contributed by atoms with Crippen LogP contribution in [-0.4, -0.2) is 21.0 Å². The van der Waals surface area contributed by atoms with Crippen molar-refractivity contribution < 1.29 is 18.1 Å². The molecule has 0 aliphatic carbocycles. The topological polar surface area (TPSA) is 80.9 Å². The van der Waals surface area contributed by atoms with Crippen LogP contribution >= 0.6 is 22.7 Å². The standard InChI is InChI=1S/C18H12F2N4O2S2/c19-11-4-3-10(8-12(11)20)13-9-28-18(21-13)22-15(25)5-6-16-23-17(24-26-16)14-2-1-7-27-14/h1-4,7-9H,5-6H2,(H,21,22,25). The summed E-state index contributed by atoms with van der Waals surface area (Å²) in [6.07, 6.45) is 0.442. The second-order valence-electron chi connectivity index (χ2n) is 5.70. The van der Waals surface area contributed by atoms with Crippen molar-refractivity contribution in [1.82, 2.24) is 15.1 Å². The molecule has 0 aliphatic rings. The number of amides is 1. The lowest BCUT2D eigenvalue weighted by Gasteiger charge is -2.00. The molecule has 6 nitrogen and oxygen atoms in total. The van der Waals surface area contributed by atoms with Crippen LogP contribution in [0.3, 0.4) is 0 Å². The van der Waals surface area contributed by atoms with Crippen molar-refractivity contribution in [2.24, 2.45) is 0 Å². The molecule has 1 N–H and O–H groups in total. The zero-order valence-electron chi connectivity index (χ0n) is 14.2. The quantitative estimate of drug-likeness (QED) is 0.488. The maximum atomic E-state index is 13.3. The third-order valence-corrected chi connectivity index (χ3v) is 5.37. The maximum absolute atomic E-state index is 13.3. The van der Waals surface area contributed by atoms with Gasteiger partial charge in [-0.3, -0.25) is 4.79 Å². The average Bonchev–Trinajstić information content (AvgIpc) is 3.43. The SMILES string of the molecule is O=C(CCc1nc(-c2cccs2)no1)Nc1nc(-c2ccc(F)c(F)c2)cs1. The van der Waals surface area contributed by atoms with E-state index in [1.54, 1.807) is 5.38 Å². The first-order valence-corrected chi connectivity index (χ1v) is 9.91. The molecule has 4 rings (SSSR count). The van der Waals surface area contributed by atoms with Gasteiger partial charge < -0.3 is 9.84 Å². The van der Waals surface area contributed by atoms with Crippen LogP contribution in [0.2, 0.25) is 0 Å². The predicted octanol–water partition coefficient (Wildman–Crippen LogP) is 4.77. The highest BCUT2D eigenvalue weighted by atomic mass is 32.1. The van der Waals surface area contributed by atoms with E-state index in [4.69, 9.17) is 4.52 Å². The molecule has 1 amide bonds. The van der Waals surface area contributed by atoms with Crippen LogP contribution < -0.4 is 5.32 Å². The summed E-state index contributed by atoms with van der Waals surface area (Å²) in [5.74, 6) is -1.25. The molecule has 4 aromatic rings. The van der Waals surface area contributed by atoms with Gasteiger partial charge in [-0.15, -0.1) is 22.7 Å². The molecule has 3 heterocycles. The number of carbonyl (C=O) groups excluding carboxylic acids is 1. The zero-order chi connectivity index (χ0) is 19.5. The van der Waals surface area contributed by atoms with Crippen LogP contribution in [0.4, 0.5) is 13.9 Å². The van der Waals surface area contributed by atoms with Gasteiger partial charge in [0.2, 0.25) is 17.6 Å². The molecule has 0 aliphatic heterocycles. The number of nitrogens with one attached hydrogen (secondary N) is 1. The Hall–Kier alpha value is -2.98. The summed E-state index contributed by atoms with van der Waals surface area (Å²) in [5, 5.41) is 10.5. The van der Waals surface area contributed by atoms with Crippen LogP contribution in [0, 0.1) is 11.6 Å². The van der Waals surface area contributed by atoms with Crippen LogP contribution in [0.1, 0.15) is 12.3 Å². The number of halogens is 2. The third-order valence-electron chi connectivity index (χ3n) is 3.74. The van der Waals surface area contributed by atoms with Crippen molar-refractivity contribution in [2.75, 3.05) is 5.32 Å². The fourth-order valence-corrected chi connectivity index (χ4v) is 3.77. The van der Waals surface area contributed by atoms with Crippen LogP contribution in [0.25, 0.3) is 22.0 Å². The Morgan fingerprint density at radius 1 is 1.14 bits per heavy atom. The van der Waals surface area contributed by atoms with Gasteiger partial charge in [0.1, 0.15) is 0 Å². The molecule has 3 aromatic heterocycles. The van der Waals surface area contributed by atoms with E-state index in [1.807, 2.05) is 17.5 Å². The van der Waals surface area contributed by atoms with Gasteiger partial charge >= 0.3 is 0 Å². The van der Waals surface area contributed by atoms with Gasteiger partial charge in [-0.25, -0.2) is 13.8 Å².